The average molecular weight is 197 g/mol. The van der Waals surface area contributed by atoms with E-state index in [1.165, 1.54) is 12.4 Å². The van der Waals surface area contributed by atoms with Crippen LogP contribution in [0.1, 0.15) is 13.8 Å². The van der Waals surface area contributed by atoms with Gasteiger partial charge in [0.1, 0.15) is 0 Å². The van der Waals surface area contributed by atoms with Crippen LogP contribution in [0.4, 0.5) is 5.82 Å². The van der Waals surface area contributed by atoms with Crippen LogP contribution in [0.15, 0.2) is 17.2 Å². The molecule has 0 atom stereocenters. The number of nitrogens with one attached hydrogen (secondary N) is 1. The van der Waals surface area contributed by atoms with Crippen molar-refractivity contribution in [2.45, 2.75) is 19.4 Å². The molecule has 2 N–H and O–H groups in total. The fourth-order valence-electron chi connectivity index (χ4n) is 1.27. The van der Waals surface area contributed by atoms with Gasteiger partial charge in [0.15, 0.2) is 5.82 Å². The molecule has 0 fully saturated rings. The number of hydrogen-bond acceptors (Lipinski definition) is 4. The minimum atomic E-state index is -0.849. The van der Waals surface area contributed by atoms with Gasteiger partial charge in [-0.3, -0.25) is 4.79 Å². The van der Waals surface area contributed by atoms with Gasteiger partial charge < -0.3 is 15.0 Å². The Labute approximate surface area is 82.4 Å². The molecule has 1 rings (SSSR count). The summed E-state index contributed by atoms with van der Waals surface area (Å²) >= 11 is 0. The van der Waals surface area contributed by atoms with E-state index in [0.717, 1.165) is 0 Å². The van der Waals surface area contributed by atoms with Gasteiger partial charge in [0.05, 0.1) is 5.60 Å². The van der Waals surface area contributed by atoms with Crippen LogP contribution in [-0.2, 0) is 0 Å². The Kier molecular flexibility index (Phi) is 2.90. The molecule has 0 bridgehead atoms. The molecular formula is C9H15N3O2. The summed E-state index contributed by atoms with van der Waals surface area (Å²) < 4.78 is 0. The molecule has 1 aromatic rings. The summed E-state index contributed by atoms with van der Waals surface area (Å²) in [5.74, 6) is 0.314. The first kappa shape index (κ1) is 10.7. The Balaban J connectivity index is 2.85. The third-order valence-corrected chi connectivity index (χ3v) is 1.67. The first-order valence-corrected chi connectivity index (χ1v) is 4.37. The van der Waals surface area contributed by atoms with Crippen molar-refractivity contribution in [1.29, 1.82) is 0 Å². The third kappa shape index (κ3) is 2.85. The molecule has 0 spiro atoms. The molecule has 0 saturated heterocycles. The van der Waals surface area contributed by atoms with Crippen LogP contribution < -0.4 is 10.5 Å². The van der Waals surface area contributed by atoms with Crippen LogP contribution in [0.2, 0.25) is 0 Å². The van der Waals surface area contributed by atoms with Crippen LogP contribution in [0, 0.1) is 0 Å². The number of anilines is 1. The Morgan fingerprint density at radius 1 is 1.64 bits per heavy atom. The number of H-pyrrole nitrogens is 1. The van der Waals surface area contributed by atoms with Crippen molar-refractivity contribution >= 4 is 5.82 Å². The lowest BCUT2D eigenvalue weighted by Gasteiger charge is -2.25. The lowest BCUT2D eigenvalue weighted by Crippen LogP contribution is -2.39. The second-order valence-corrected chi connectivity index (χ2v) is 3.91. The topological polar surface area (TPSA) is 69.2 Å². The number of likely N-dealkylation sites (N-methyl/N-ethyl adjacent to an activating group) is 1. The van der Waals surface area contributed by atoms with E-state index >= 15 is 0 Å². The molecule has 0 aliphatic rings. The van der Waals surface area contributed by atoms with Gasteiger partial charge in [0.2, 0.25) is 0 Å². The highest BCUT2D eigenvalue weighted by molar-refractivity contribution is 5.34. The predicted octanol–water partition coefficient (Wildman–Crippen LogP) is -0.0230. The maximum Gasteiger partial charge on any atom is 0.290 e. The molecule has 0 radical (unpaired) electrons. The van der Waals surface area contributed by atoms with E-state index in [1.807, 2.05) is 0 Å². The Hall–Kier alpha value is -1.36. The zero-order chi connectivity index (χ0) is 10.8. The molecule has 1 aromatic heterocycles. The summed E-state index contributed by atoms with van der Waals surface area (Å²) in [5.41, 5.74) is -1.10. The normalized spacial score (nSPS) is 11.4. The second kappa shape index (κ2) is 3.79. The number of aromatic nitrogens is 2. The average Bonchev–Trinajstić information content (AvgIpc) is 2.01. The first-order valence-electron chi connectivity index (χ1n) is 4.37. The van der Waals surface area contributed by atoms with E-state index in [9.17, 15) is 9.90 Å². The van der Waals surface area contributed by atoms with E-state index in [0.29, 0.717) is 12.4 Å². The number of aliphatic hydroxyl groups is 1. The van der Waals surface area contributed by atoms with Crippen LogP contribution in [0.5, 0.6) is 0 Å². The lowest BCUT2D eigenvalue weighted by molar-refractivity contribution is 0.0884. The molecule has 0 aliphatic heterocycles. The van der Waals surface area contributed by atoms with Crippen molar-refractivity contribution in [3.8, 4) is 0 Å². The Morgan fingerprint density at radius 3 is 2.79 bits per heavy atom. The largest absolute Gasteiger partial charge is 0.389 e. The number of rotatable bonds is 3. The monoisotopic (exact) mass is 197 g/mol. The Bertz CT molecular complexity index is 354. The molecule has 0 aliphatic carbocycles. The van der Waals surface area contributed by atoms with E-state index in [2.05, 4.69) is 9.97 Å². The van der Waals surface area contributed by atoms with E-state index in [1.54, 1.807) is 25.8 Å². The number of hydrogen-bond donors (Lipinski definition) is 2. The second-order valence-electron chi connectivity index (χ2n) is 3.91. The molecule has 14 heavy (non-hydrogen) atoms. The third-order valence-electron chi connectivity index (χ3n) is 1.67. The van der Waals surface area contributed by atoms with Gasteiger partial charge in [-0.2, -0.15) is 0 Å². The molecule has 0 saturated carbocycles. The highest BCUT2D eigenvalue weighted by Crippen LogP contribution is 2.07. The van der Waals surface area contributed by atoms with E-state index in [-0.39, 0.29) is 5.56 Å². The molecular weight excluding hydrogens is 182 g/mol. The van der Waals surface area contributed by atoms with Crippen molar-refractivity contribution in [2.75, 3.05) is 18.5 Å². The van der Waals surface area contributed by atoms with Gasteiger partial charge in [-0.25, -0.2) is 4.98 Å². The quantitative estimate of drug-likeness (QED) is 0.714. The summed E-state index contributed by atoms with van der Waals surface area (Å²) in [5, 5.41) is 9.56. The molecule has 0 unspecified atom stereocenters. The maximum atomic E-state index is 11.3. The fourth-order valence-corrected chi connectivity index (χ4v) is 1.27. The van der Waals surface area contributed by atoms with Crippen LogP contribution in [0.3, 0.4) is 0 Å². The summed E-state index contributed by atoms with van der Waals surface area (Å²) in [6, 6.07) is 0. The number of aromatic amines is 1. The van der Waals surface area contributed by atoms with Gasteiger partial charge in [-0.05, 0) is 13.8 Å². The fraction of sp³-hybridized carbons (Fsp3) is 0.556. The minimum absolute atomic E-state index is 0.251. The van der Waals surface area contributed by atoms with Crippen molar-refractivity contribution < 1.29 is 5.11 Å². The van der Waals surface area contributed by atoms with Crippen molar-refractivity contribution in [2.24, 2.45) is 0 Å². The van der Waals surface area contributed by atoms with Gasteiger partial charge in [-0.1, -0.05) is 0 Å². The van der Waals surface area contributed by atoms with Crippen LogP contribution in [0.25, 0.3) is 0 Å². The summed E-state index contributed by atoms with van der Waals surface area (Å²) in [6.07, 6.45) is 2.99. The maximum absolute atomic E-state index is 11.3. The van der Waals surface area contributed by atoms with Crippen molar-refractivity contribution in [1.82, 2.24) is 9.97 Å². The van der Waals surface area contributed by atoms with Crippen molar-refractivity contribution in [3.05, 3.63) is 22.7 Å². The van der Waals surface area contributed by atoms with E-state index in [4.69, 9.17) is 0 Å². The SMILES string of the molecule is CN(CC(C)(C)O)c1ncc[nH]c1=O. The van der Waals surface area contributed by atoms with Gasteiger partial charge in [-0.15, -0.1) is 0 Å². The lowest BCUT2D eigenvalue weighted by atomic mass is 10.1. The molecule has 5 nitrogen and oxygen atoms in total. The predicted molar refractivity (Wildman–Crippen MR) is 54.4 cm³/mol. The summed E-state index contributed by atoms with van der Waals surface area (Å²) in [7, 11) is 1.72. The number of nitrogens with zero attached hydrogens (tertiary/aromatic N) is 2. The highest BCUT2D eigenvalue weighted by Gasteiger charge is 2.17. The smallest absolute Gasteiger partial charge is 0.290 e. The van der Waals surface area contributed by atoms with Gasteiger partial charge in [0.25, 0.3) is 5.56 Å². The standard InChI is InChI=1S/C9H15N3O2/c1-9(2,14)6-12(3)7-8(13)11-5-4-10-7/h4-5,14H,6H2,1-3H3,(H,11,13). The molecule has 0 amide bonds. The minimum Gasteiger partial charge on any atom is -0.389 e. The first-order chi connectivity index (χ1) is 6.40. The molecule has 78 valence electrons. The molecule has 0 aromatic carbocycles. The van der Waals surface area contributed by atoms with Gasteiger partial charge >= 0.3 is 0 Å². The summed E-state index contributed by atoms with van der Waals surface area (Å²) in [6.45, 7) is 3.72. The van der Waals surface area contributed by atoms with E-state index < -0.39 is 5.60 Å². The van der Waals surface area contributed by atoms with Crippen molar-refractivity contribution in [3.63, 3.8) is 0 Å². The highest BCUT2D eigenvalue weighted by atomic mass is 16.3. The van der Waals surface area contributed by atoms with Crippen LogP contribution >= 0.6 is 0 Å². The Morgan fingerprint density at radius 2 is 2.29 bits per heavy atom. The molecule has 1 heterocycles. The zero-order valence-corrected chi connectivity index (χ0v) is 8.61. The van der Waals surface area contributed by atoms with Crippen LogP contribution in [-0.4, -0.2) is 34.3 Å². The zero-order valence-electron chi connectivity index (χ0n) is 8.61. The van der Waals surface area contributed by atoms with Gasteiger partial charge in [0, 0.05) is 26.0 Å². The summed E-state index contributed by atoms with van der Waals surface area (Å²) in [4.78, 5) is 19.4. The molecule has 5 heteroatoms.